The van der Waals surface area contributed by atoms with Gasteiger partial charge in [-0.15, -0.1) is 0 Å². The number of thiol groups is 1. The van der Waals surface area contributed by atoms with Gasteiger partial charge in [-0.25, -0.2) is 9.10 Å². The lowest BCUT2D eigenvalue weighted by atomic mass is 10.3. The summed E-state index contributed by atoms with van der Waals surface area (Å²) in [6.45, 7) is 2.37. The molecular weight excluding hydrogens is 334 g/mol. The van der Waals surface area contributed by atoms with Crippen molar-refractivity contribution in [2.75, 3.05) is 10.8 Å². The molecule has 6 nitrogen and oxygen atoms in total. The number of hydrogen-bond acceptors (Lipinski definition) is 5. The van der Waals surface area contributed by atoms with E-state index in [1.807, 2.05) is 19.1 Å². The molecule has 0 heterocycles. The summed E-state index contributed by atoms with van der Waals surface area (Å²) < 4.78 is 1.24. The summed E-state index contributed by atoms with van der Waals surface area (Å²) in [6, 6.07) is 13.4. The van der Waals surface area contributed by atoms with Crippen LogP contribution < -0.4 is 9.62 Å². The summed E-state index contributed by atoms with van der Waals surface area (Å²) in [4.78, 5) is 23.7. The summed E-state index contributed by atoms with van der Waals surface area (Å²) in [5.41, 5.74) is 0.727. The fraction of sp³-hybridized carbons (Fsp3) is 0.133. The van der Waals surface area contributed by atoms with Gasteiger partial charge in [0.25, 0.3) is 5.69 Å². The smallest absolute Gasteiger partial charge is 0.331 e. The SMILES string of the molecule is CCNC(=O)N(S)c1ccc(Sc2ccc([N+](=O)[O-])cc2)cc1. The first-order chi connectivity index (χ1) is 11.0. The van der Waals surface area contributed by atoms with Gasteiger partial charge in [-0.1, -0.05) is 24.6 Å². The molecule has 0 bridgehead atoms. The molecule has 0 saturated carbocycles. The Morgan fingerprint density at radius 3 is 2.17 bits per heavy atom. The molecule has 0 aliphatic rings. The zero-order chi connectivity index (χ0) is 16.8. The van der Waals surface area contributed by atoms with Crippen LogP contribution in [0.4, 0.5) is 16.2 Å². The molecule has 23 heavy (non-hydrogen) atoms. The van der Waals surface area contributed by atoms with E-state index in [9.17, 15) is 14.9 Å². The molecule has 2 aromatic rings. The van der Waals surface area contributed by atoms with Gasteiger partial charge in [-0.2, -0.15) is 0 Å². The number of anilines is 1. The van der Waals surface area contributed by atoms with Gasteiger partial charge in [0, 0.05) is 28.5 Å². The first-order valence-electron chi connectivity index (χ1n) is 6.80. The number of nitro benzene ring substituents is 1. The van der Waals surface area contributed by atoms with Gasteiger partial charge in [-0.05, 0) is 43.3 Å². The van der Waals surface area contributed by atoms with E-state index in [0.717, 1.165) is 9.79 Å². The van der Waals surface area contributed by atoms with E-state index in [1.54, 1.807) is 24.3 Å². The number of non-ortho nitro benzene ring substituents is 1. The molecule has 0 atom stereocenters. The number of hydrogen-bond donors (Lipinski definition) is 2. The second kappa shape index (κ2) is 7.89. The van der Waals surface area contributed by atoms with E-state index in [-0.39, 0.29) is 11.7 Å². The normalized spacial score (nSPS) is 10.2. The third-order valence-corrected chi connectivity index (χ3v) is 4.31. The number of urea groups is 1. The van der Waals surface area contributed by atoms with Crippen LogP contribution in [0.1, 0.15) is 6.92 Å². The molecule has 0 spiro atoms. The monoisotopic (exact) mass is 349 g/mol. The fourth-order valence-corrected chi connectivity index (χ4v) is 2.79. The molecule has 0 aromatic heterocycles. The van der Waals surface area contributed by atoms with Crippen LogP contribution in [-0.2, 0) is 0 Å². The Balaban J connectivity index is 2.05. The number of amides is 2. The summed E-state index contributed by atoms with van der Waals surface area (Å²) >= 11 is 5.64. The molecule has 8 heteroatoms. The number of carbonyl (C=O) groups excluding carboxylic acids is 1. The topological polar surface area (TPSA) is 75.5 Å². The van der Waals surface area contributed by atoms with Crippen LogP contribution in [-0.4, -0.2) is 17.5 Å². The summed E-state index contributed by atoms with van der Waals surface area (Å²) in [5.74, 6) is 0. The lowest BCUT2D eigenvalue weighted by Gasteiger charge is -2.16. The van der Waals surface area contributed by atoms with Crippen molar-refractivity contribution < 1.29 is 9.72 Å². The maximum absolute atomic E-state index is 11.7. The number of benzene rings is 2. The molecule has 0 aliphatic carbocycles. The first-order valence-corrected chi connectivity index (χ1v) is 8.02. The molecule has 0 radical (unpaired) electrons. The molecule has 0 fully saturated rings. The Hall–Kier alpha value is -2.19. The minimum atomic E-state index is -0.425. The molecule has 0 saturated heterocycles. The van der Waals surface area contributed by atoms with Crippen LogP contribution in [0, 0.1) is 10.1 Å². The van der Waals surface area contributed by atoms with Gasteiger partial charge < -0.3 is 5.32 Å². The van der Waals surface area contributed by atoms with Crippen LogP contribution in [0.25, 0.3) is 0 Å². The average Bonchev–Trinajstić information content (AvgIpc) is 2.55. The predicted molar refractivity (Wildman–Crippen MR) is 94.2 cm³/mol. The standard InChI is InChI=1S/C15H15N3O3S2/c1-2-16-15(19)17(22)11-3-7-13(8-4-11)23-14-9-5-12(6-10-14)18(20)21/h3-10,22H,2H2,1H3,(H,16,19). The van der Waals surface area contributed by atoms with Crippen molar-refractivity contribution in [1.29, 1.82) is 0 Å². The van der Waals surface area contributed by atoms with E-state index in [4.69, 9.17) is 0 Å². The van der Waals surface area contributed by atoms with Crippen LogP contribution in [0.15, 0.2) is 58.3 Å². The first kappa shape index (κ1) is 17.2. The predicted octanol–water partition coefficient (Wildman–Crippen LogP) is 4.13. The van der Waals surface area contributed by atoms with E-state index < -0.39 is 4.92 Å². The zero-order valence-electron chi connectivity index (χ0n) is 12.3. The molecule has 2 rings (SSSR count). The Labute approximate surface area is 143 Å². The summed E-state index contributed by atoms with van der Waals surface area (Å²) in [6.07, 6.45) is 0. The van der Waals surface area contributed by atoms with Crippen molar-refractivity contribution in [3.05, 3.63) is 58.6 Å². The second-order valence-corrected chi connectivity index (χ2v) is 6.04. The van der Waals surface area contributed by atoms with Gasteiger partial charge in [0.05, 0.1) is 10.6 Å². The highest BCUT2D eigenvalue weighted by atomic mass is 32.2. The van der Waals surface area contributed by atoms with Crippen molar-refractivity contribution >= 4 is 42.0 Å². The molecule has 2 amide bonds. The maximum Gasteiger partial charge on any atom is 0.331 e. The number of nitrogens with one attached hydrogen (secondary N) is 1. The Morgan fingerprint density at radius 2 is 1.70 bits per heavy atom. The van der Waals surface area contributed by atoms with Crippen molar-refractivity contribution in [1.82, 2.24) is 5.32 Å². The van der Waals surface area contributed by atoms with Gasteiger partial charge in [0.15, 0.2) is 0 Å². The molecule has 2 aromatic carbocycles. The van der Waals surface area contributed by atoms with E-state index in [0.29, 0.717) is 12.2 Å². The number of nitro groups is 1. The molecule has 0 unspecified atom stereocenters. The van der Waals surface area contributed by atoms with Crippen molar-refractivity contribution in [3.63, 3.8) is 0 Å². The summed E-state index contributed by atoms with van der Waals surface area (Å²) in [5, 5.41) is 13.3. The summed E-state index contributed by atoms with van der Waals surface area (Å²) in [7, 11) is 0. The van der Waals surface area contributed by atoms with Crippen molar-refractivity contribution in [2.45, 2.75) is 16.7 Å². The lowest BCUT2D eigenvalue weighted by Crippen LogP contribution is -2.33. The fourth-order valence-electron chi connectivity index (χ4n) is 1.77. The molecule has 0 aliphatic heterocycles. The molecular formula is C15H15N3O3S2. The zero-order valence-corrected chi connectivity index (χ0v) is 14.0. The Bertz CT molecular complexity index is 690. The highest BCUT2D eigenvalue weighted by molar-refractivity contribution is 7.99. The van der Waals surface area contributed by atoms with Gasteiger partial charge in [0.2, 0.25) is 0 Å². The molecule has 1 N–H and O–H groups in total. The van der Waals surface area contributed by atoms with Crippen molar-refractivity contribution in [3.8, 4) is 0 Å². The Kier molecular flexibility index (Phi) is 5.89. The second-order valence-electron chi connectivity index (χ2n) is 4.49. The largest absolute Gasteiger partial charge is 0.337 e. The maximum atomic E-state index is 11.7. The Morgan fingerprint density at radius 1 is 1.17 bits per heavy atom. The van der Waals surface area contributed by atoms with Gasteiger partial charge >= 0.3 is 6.03 Å². The third kappa shape index (κ3) is 4.64. The van der Waals surface area contributed by atoms with Gasteiger partial charge in [0.1, 0.15) is 0 Å². The van der Waals surface area contributed by atoms with E-state index >= 15 is 0 Å². The number of rotatable bonds is 5. The highest BCUT2D eigenvalue weighted by Crippen LogP contribution is 2.30. The highest BCUT2D eigenvalue weighted by Gasteiger charge is 2.11. The van der Waals surface area contributed by atoms with Crippen LogP contribution in [0.2, 0.25) is 0 Å². The third-order valence-electron chi connectivity index (χ3n) is 2.88. The number of nitrogens with zero attached hydrogens (tertiary/aromatic N) is 2. The van der Waals surface area contributed by atoms with Gasteiger partial charge in [-0.3, -0.25) is 10.1 Å². The van der Waals surface area contributed by atoms with Crippen LogP contribution in [0.5, 0.6) is 0 Å². The average molecular weight is 349 g/mol. The molecule has 120 valence electrons. The number of carbonyl (C=O) groups is 1. The minimum absolute atomic E-state index is 0.0670. The van der Waals surface area contributed by atoms with Crippen LogP contribution in [0.3, 0.4) is 0 Å². The van der Waals surface area contributed by atoms with Crippen molar-refractivity contribution in [2.24, 2.45) is 0 Å². The quantitative estimate of drug-likeness (QED) is 0.483. The van der Waals surface area contributed by atoms with Crippen LogP contribution >= 0.6 is 24.6 Å². The van der Waals surface area contributed by atoms with E-state index in [1.165, 1.54) is 28.2 Å². The van der Waals surface area contributed by atoms with E-state index in [2.05, 4.69) is 18.1 Å². The minimum Gasteiger partial charge on any atom is -0.337 e. The lowest BCUT2D eigenvalue weighted by molar-refractivity contribution is -0.384.